The number of aliphatic carboxylic acids is 2. The van der Waals surface area contributed by atoms with E-state index in [0.717, 1.165) is 6.42 Å². The molecule has 90 valence electrons. The maximum atomic E-state index is 9.81. The Labute approximate surface area is 88.8 Å². The predicted molar refractivity (Wildman–Crippen MR) is 52.9 cm³/mol. The SMILES string of the molecule is CCCOCC(=O)O.COC(C)C(=O)O. The number of methoxy groups -OCH3 is 1. The van der Waals surface area contributed by atoms with Crippen LogP contribution in [0.4, 0.5) is 0 Å². The summed E-state index contributed by atoms with van der Waals surface area (Å²) in [5.74, 6) is -1.83. The zero-order valence-corrected chi connectivity index (χ0v) is 9.23. The van der Waals surface area contributed by atoms with Crippen LogP contribution in [0, 0.1) is 0 Å². The van der Waals surface area contributed by atoms with E-state index >= 15 is 0 Å². The van der Waals surface area contributed by atoms with Gasteiger partial charge in [0.1, 0.15) is 6.61 Å². The molecular weight excluding hydrogens is 204 g/mol. The molecule has 0 saturated heterocycles. The maximum absolute atomic E-state index is 9.81. The molecule has 0 spiro atoms. The maximum Gasteiger partial charge on any atom is 0.332 e. The standard InChI is InChI=1S/C5H10O3.C4H8O3/c1-2-3-8-4-5(6)7;1-3(7-2)4(5)6/h2-4H2,1H3,(H,6,7);3H,1-2H3,(H,5,6). The highest BCUT2D eigenvalue weighted by molar-refractivity contribution is 5.71. The Morgan fingerprint density at radius 3 is 2.07 bits per heavy atom. The Morgan fingerprint density at radius 1 is 1.33 bits per heavy atom. The van der Waals surface area contributed by atoms with E-state index in [-0.39, 0.29) is 6.61 Å². The summed E-state index contributed by atoms with van der Waals surface area (Å²) in [6, 6.07) is 0. The lowest BCUT2D eigenvalue weighted by Crippen LogP contribution is -2.17. The van der Waals surface area contributed by atoms with Gasteiger partial charge in [-0.15, -0.1) is 0 Å². The number of carboxylic acids is 2. The van der Waals surface area contributed by atoms with Gasteiger partial charge in [-0.25, -0.2) is 9.59 Å². The van der Waals surface area contributed by atoms with Crippen molar-refractivity contribution in [2.24, 2.45) is 0 Å². The van der Waals surface area contributed by atoms with Crippen LogP contribution in [0.5, 0.6) is 0 Å². The number of ether oxygens (including phenoxy) is 2. The zero-order chi connectivity index (χ0) is 12.3. The van der Waals surface area contributed by atoms with E-state index in [1.54, 1.807) is 0 Å². The fourth-order valence-electron chi connectivity index (χ4n) is 0.405. The molecule has 1 atom stereocenters. The van der Waals surface area contributed by atoms with Gasteiger partial charge in [-0.3, -0.25) is 0 Å². The fourth-order valence-corrected chi connectivity index (χ4v) is 0.405. The largest absolute Gasteiger partial charge is 0.480 e. The Morgan fingerprint density at radius 2 is 1.87 bits per heavy atom. The molecule has 1 unspecified atom stereocenters. The minimum atomic E-state index is -0.928. The van der Waals surface area contributed by atoms with Gasteiger partial charge in [-0.05, 0) is 13.3 Å². The van der Waals surface area contributed by atoms with Crippen molar-refractivity contribution >= 4 is 11.9 Å². The molecule has 0 aromatic heterocycles. The molecule has 0 radical (unpaired) electrons. The molecule has 15 heavy (non-hydrogen) atoms. The van der Waals surface area contributed by atoms with E-state index in [9.17, 15) is 9.59 Å². The molecule has 0 saturated carbocycles. The average molecular weight is 222 g/mol. The van der Waals surface area contributed by atoms with E-state index in [2.05, 4.69) is 9.47 Å². The van der Waals surface area contributed by atoms with Crippen molar-refractivity contribution in [3.05, 3.63) is 0 Å². The second kappa shape index (κ2) is 10.9. The van der Waals surface area contributed by atoms with Crippen molar-refractivity contribution in [1.29, 1.82) is 0 Å². The first kappa shape index (κ1) is 16.3. The number of rotatable bonds is 6. The van der Waals surface area contributed by atoms with Crippen LogP contribution in [0.3, 0.4) is 0 Å². The second-order valence-corrected chi connectivity index (χ2v) is 2.66. The molecule has 0 amide bonds. The van der Waals surface area contributed by atoms with E-state index in [1.165, 1.54) is 14.0 Å². The summed E-state index contributed by atoms with van der Waals surface area (Å²) in [4.78, 5) is 19.6. The third-order valence-electron chi connectivity index (χ3n) is 1.28. The van der Waals surface area contributed by atoms with Crippen LogP contribution >= 0.6 is 0 Å². The van der Waals surface area contributed by atoms with E-state index < -0.39 is 18.0 Å². The molecule has 0 aliphatic heterocycles. The third-order valence-corrected chi connectivity index (χ3v) is 1.28. The molecule has 0 rings (SSSR count). The summed E-state index contributed by atoms with van der Waals surface area (Å²) in [5.41, 5.74) is 0. The van der Waals surface area contributed by atoms with Gasteiger partial charge in [-0.2, -0.15) is 0 Å². The van der Waals surface area contributed by atoms with Crippen molar-refractivity contribution in [3.63, 3.8) is 0 Å². The van der Waals surface area contributed by atoms with Gasteiger partial charge < -0.3 is 19.7 Å². The molecule has 0 bridgehead atoms. The summed E-state index contributed by atoms with van der Waals surface area (Å²) in [5, 5.41) is 16.1. The molecule has 0 heterocycles. The molecular formula is C9H18O6. The number of carbonyl (C=O) groups is 2. The average Bonchev–Trinajstić information content (AvgIpc) is 2.17. The Balaban J connectivity index is 0. The van der Waals surface area contributed by atoms with Crippen molar-refractivity contribution in [3.8, 4) is 0 Å². The number of hydrogen-bond acceptors (Lipinski definition) is 4. The van der Waals surface area contributed by atoms with Crippen LogP contribution < -0.4 is 0 Å². The van der Waals surface area contributed by atoms with Crippen LogP contribution in [0.25, 0.3) is 0 Å². The summed E-state index contributed by atoms with van der Waals surface area (Å²) in [6.45, 7) is 3.77. The molecule has 0 aromatic carbocycles. The first-order valence-corrected chi connectivity index (χ1v) is 4.50. The Hall–Kier alpha value is -1.14. The normalized spacial score (nSPS) is 11.1. The molecule has 0 fully saturated rings. The van der Waals surface area contributed by atoms with Gasteiger partial charge in [0.15, 0.2) is 6.10 Å². The Kier molecular flexibility index (Phi) is 11.9. The van der Waals surface area contributed by atoms with E-state index in [0.29, 0.717) is 6.61 Å². The van der Waals surface area contributed by atoms with Crippen molar-refractivity contribution < 1.29 is 29.3 Å². The lowest BCUT2D eigenvalue weighted by molar-refractivity contribution is -0.147. The molecule has 6 heteroatoms. The summed E-state index contributed by atoms with van der Waals surface area (Å²) >= 11 is 0. The van der Waals surface area contributed by atoms with E-state index in [1.807, 2.05) is 6.92 Å². The molecule has 6 nitrogen and oxygen atoms in total. The van der Waals surface area contributed by atoms with Gasteiger partial charge >= 0.3 is 11.9 Å². The topological polar surface area (TPSA) is 93.1 Å². The van der Waals surface area contributed by atoms with Crippen molar-refractivity contribution in [2.45, 2.75) is 26.4 Å². The lowest BCUT2D eigenvalue weighted by atomic mass is 10.4. The van der Waals surface area contributed by atoms with Crippen molar-refractivity contribution in [2.75, 3.05) is 20.3 Å². The van der Waals surface area contributed by atoms with Gasteiger partial charge in [0.05, 0.1) is 0 Å². The highest BCUT2D eigenvalue weighted by Gasteiger charge is 2.06. The zero-order valence-electron chi connectivity index (χ0n) is 9.23. The van der Waals surface area contributed by atoms with Gasteiger partial charge in [0.2, 0.25) is 0 Å². The molecule has 0 aromatic rings. The van der Waals surface area contributed by atoms with Crippen LogP contribution in [0.1, 0.15) is 20.3 Å². The third kappa shape index (κ3) is 15.6. The van der Waals surface area contributed by atoms with Crippen LogP contribution in [0.15, 0.2) is 0 Å². The minimum Gasteiger partial charge on any atom is -0.480 e. The number of carboxylic acid groups (broad SMARTS) is 2. The first-order valence-electron chi connectivity index (χ1n) is 4.50. The summed E-state index contributed by atoms with van der Waals surface area (Å²) < 4.78 is 9.06. The molecule has 0 aliphatic rings. The van der Waals surface area contributed by atoms with Crippen LogP contribution in [-0.4, -0.2) is 48.6 Å². The molecule has 0 aliphatic carbocycles. The number of hydrogen-bond donors (Lipinski definition) is 2. The van der Waals surface area contributed by atoms with Gasteiger partial charge in [-0.1, -0.05) is 6.92 Å². The molecule has 2 N–H and O–H groups in total. The van der Waals surface area contributed by atoms with E-state index in [4.69, 9.17) is 10.2 Å². The van der Waals surface area contributed by atoms with Crippen molar-refractivity contribution in [1.82, 2.24) is 0 Å². The Bertz CT molecular complexity index is 179. The highest BCUT2D eigenvalue weighted by atomic mass is 16.5. The van der Waals surface area contributed by atoms with Crippen LogP contribution in [-0.2, 0) is 19.1 Å². The fraction of sp³-hybridized carbons (Fsp3) is 0.778. The quantitative estimate of drug-likeness (QED) is 0.639. The monoisotopic (exact) mass is 222 g/mol. The lowest BCUT2D eigenvalue weighted by Gasteiger charge is -1.98. The smallest absolute Gasteiger partial charge is 0.332 e. The highest BCUT2D eigenvalue weighted by Crippen LogP contribution is 1.83. The summed E-state index contributed by atoms with van der Waals surface area (Å²) in [6.07, 6.45) is 0.188. The first-order chi connectivity index (χ1) is 6.95. The van der Waals surface area contributed by atoms with Gasteiger partial charge in [0, 0.05) is 13.7 Å². The predicted octanol–water partition coefficient (Wildman–Crippen LogP) is 0.603. The second-order valence-electron chi connectivity index (χ2n) is 2.66. The van der Waals surface area contributed by atoms with Crippen LogP contribution in [0.2, 0.25) is 0 Å². The van der Waals surface area contributed by atoms with Gasteiger partial charge in [0.25, 0.3) is 0 Å². The summed E-state index contributed by atoms with van der Waals surface area (Å²) in [7, 11) is 1.36. The minimum absolute atomic E-state index is 0.173.